The SMILES string of the molecule is CC(=O)Oc1ccc(-c2cn(-c3nc(N)nc(N(C)c4ccccc4)n3)cn2)cn1. The minimum absolute atomic E-state index is 0.0976. The van der Waals surface area contributed by atoms with Gasteiger partial charge in [0.05, 0.1) is 5.69 Å². The van der Waals surface area contributed by atoms with Gasteiger partial charge in [0.2, 0.25) is 23.7 Å². The van der Waals surface area contributed by atoms with E-state index in [1.54, 1.807) is 35.4 Å². The Morgan fingerprint density at radius 1 is 1.07 bits per heavy atom. The number of nitrogens with zero attached hydrogens (tertiary/aromatic N) is 7. The predicted octanol–water partition coefficient (Wildman–Crippen LogP) is 2.39. The predicted molar refractivity (Wildman–Crippen MR) is 110 cm³/mol. The molecular weight excluding hydrogens is 384 g/mol. The Morgan fingerprint density at radius 2 is 1.87 bits per heavy atom. The molecule has 0 radical (unpaired) electrons. The Labute approximate surface area is 172 Å². The second-order valence-electron chi connectivity index (χ2n) is 6.33. The van der Waals surface area contributed by atoms with Crippen LogP contribution in [0.3, 0.4) is 0 Å². The van der Waals surface area contributed by atoms with E-state index in [-0.39, 0.29) is 11.8 Å². The molecule has 4 rings (SSSR count). The highest BCUT2D eigenvalue weighted by Crippen LogP contribution is 2.22. The number of pyridine rings is 1. The molecule has 0 fully saturated rings. The molecule has 10 heteroatoms. The van der Waals surface area contributed by atoms with Crippen LogP contribution in [-0.2, 0) is 4.79 Å². The minimum atomic E-state index is -0.428. The van der Waals surface area contributed by atoms with Crippen LogP contribution in [0.15, 0.2) is 61.2 Å². The monoisotopic (exact) mass is 402 g/mol. The first-order valence-corrected chi connectivity index (χ1v) is 8.99. The van der Waals surface area contributed by atoms with Crippen molar-refractivity contribution in [3.63, 3.8) is 0 Å². The zero-order valence-corrected chi connectivity index (χ0v) is 16.3. The zero-order chi connectivity index (χ0) is 21.1. The van der Waals surface area contributed by atoms with E-state index in [0.29, 0.717) is 17.6 Å². The first-order chi connectivity index (χ1) is 14.5. The number of carbonyl (C=O) groups excluding carboxylic acids is 1. The molecule has 0 atom stereocenters. The average molecular weight is 402 g/mol. The highest BCUT2D eigenvalue weighted by Gasteiger charge is 2.13. The standard InChI is InChI=1S/C20H18N8O2/c1-13(29)30-17-9-8-14(10-22-17)16-11-28(12-23-16)20-25-18(21)24-19(26-20)27(2)15-6-4-3-5-7-15/h3-12H,1-2H3,(H2,21,24,25,26). The third-order valence-corrected chi connectivity index (χ3v) is 4.17. The summed E-state index contributed by atoms with van der Waals surface area (Å²) >= 11 is 0. The van der Waals surface area contributed by atoms with Gasteiger partial charge in [-0.2, -0.15) is 15.0 Å². The summed E-state index contributed by atoms with van der Waals surface area (Å²) in [5.74, 6) is 0.642. The number of hydrogen-bond acceptors (Lipinski definition) is 9. The van der Waals surface area contributed by atoms with Gasteiger partial charge in [0.25, 0.3) is 0 Å². The fourth-order valence-corrected chi connectivity index (χ4v) is 2.72. The highest BCUT2D eigenvalue weighted by molar-refractivity contribution is 5.69. The molecule has 3 aromatic heterocycles. The van der Waals surface area contributed by atoms with Crippen molar-refractivity contribution < 1.29 is 9.53 Å². The second kappa shape index (κ2) is 7.95. The van der Waals surface area contributed by atoms with Gasteiger partial charge in [0.1, 0.15) is 6.33 Å². The molecule has 0 saturated heterocycles. The summed E-state index contributed by atoms with van der Waals surface area (Å²) in [6, 6.07) is 13.0. The van der Waals surface area contributed by atoms with E-state index in [4.69, 9.17) is 10.5 Å². The van der Waals surface area contributed by atoms with Gasteiger partial charge in [0, 0.05) is 43.7 Å². The molecule has 0 amide bonds. The molecule has 0 aliphatic heterocycles. The number of para-hydroxylation sites is 1. The molecule has 3 heterocycles. The molecule has 0 spiro atoms. The lowest BCUT2D eigenvalue weighted by atomic mass is 10.2. The highest BCUT2D eigenvalue weighted by atomic mass is 16.5. The summed E-state index contributed by atoms with van der Waals surface area (Å²) < 4.78 is 6.59. The van der Waals surface area contributed by atoms with E-state index in [2.05, 4.69) is 24.9 Å². The number of benzene rings is 1. The number of hydrogen-bond donors (Lipinski definition) is 1. The Morgan fingerprint density at radius 3 is 2.57 bits per heavy atom. The van der Waals surface area contributed by atoms with E-state index >= 15 is 0 Å². The number of nitrogens with two attached hydrogens (primary N) is 1. The Hall–Kier alpha value is -4.34. The molecule has 150 valence electrons. The van der Waals surface area contributed by atoms with Crippen molar-refractivity contribution in [3.05, 3.63) is 61.2 Å². The van der Waals surface area contributed by atoms with Crippen molar-refractivity contribution in [2.75, 3.05) is 17.7 Å². The van der Waals surface area contributed by atoms with E-state index in [1.165, 1.54) is 6.92 Å². The largest absolute Gasteiger partial charge is 0.408 e. The molecular formula is C20H18N8O2. The van der Waals surface area contributed by atoms with Gasteiger partial charge in [-0.25, -0.2) is 9.97 Å². The van der Waals surface area contributed by atoms with Crippen LogP contribution in [0, 0.1) is 0 Å². The van der Waals surface area contributed by atoms with Gasteiger partial charge in [-0.15, -0.1) is 0 Å². The maximum atomic E-state index is 11.0. The van der Waals surface area contributed by atoms with E-state index < -0.39 is 5.97 Å². The summed E-state index contributed by atoms with van der Waals surface area (Å²) in [7, 11) is 1.85. The van der Waals surface area contributed by atoms with Crippen molar-refractivity contribution in [1.82, 2.24) is 29.5 Å². The number of rotatable bonds is 5. The molecule has 0 aliphatic rings. The van der Waals surface area contributed by atoms with E-state index in [1.807, 2.05) is 42.3 Å². The average Bonchev–Trinajstić information content (AvgIpc) is 3.24. The zero-order valence-electron chi connectivity index (χ0n) is 16.3. The van der Waals surface area contributed by atoms with Crippen LogP contribution in [0.25, 0.3) is 17.2 Å². The number of aromatic nitrogens is 6. The molecule has 30 heavy (non-hydrogen) atoms. The van der Waals surface area contributed by atoms with Crippen molar-refractivity contribution in [2.24, 2.45) is 0 Å². The first kappa shape index (κ1) is 19.0. The number of anilines is 3. The van der Waals surface area contributed by atoms with Gasteiger partial charge in [-0.3, -0.25) is 9.36 Å². The quantitative estimate of drug-likeness (QED) is 0.501. The topological polar surface area (TPSA) is 125 Å². The molecule has 2 N–H and O–H groups in total. The molecule has 10 nitrogen and oxygen atoms in total. The van der Waals surface area contributed by atoms with Crippen LogP contribution in [-0.4, -0.2) is 42.5 Å². The van der Waals surface area contributed by atoms with Gasteiger partial charge >= 0.3 is 5.97 Å². The van der Waals surface area contributed by atoms with E-state index in [9.17, 15) is 4.79 Å². The molecule has 0 unspecified atom stereocenters. The number of nitrogen functional groups attached to an aromatic ring is 1. The maximum Gasteiger partial charge on any atom is 0.309 e. The Kier molecular flexibility index (Phi) is 5.04. The summed E-state index contributed by atoms with van der Waals surface area (Å²) in [4.78, 5) is 34.3. The van der Waals surface area contributed by atoms with Crippen LogP contribution >= 0.6 is 0 Å². The number of carbonyl (C=O) groups is 1. The smallest absolute Gasteiger partial charge is 0.309 e. The van der Waals surface area contributed by atoms with Crippen LogP contribution in [0.4, 0.5) is 17.6 Å². The van der Waals surface area contributed by atoms with Gasteiger partial charge in [0.15, 0.2) is 0 Å². The summed E-state index contributed by atoms with van der Waals surface area (Å²) in [6.45, 7) is 1.32. The summed E-state index contributed by atoms with van der Waals surface area (Å²) in [5, 5.41) is 0. The van der Waals surface area contributed by atoms with Crippen LogP contribution < -0.4 is 15.4 Å². The van der Waals surface area contributed by atoms with Gasteiger partial charge in [-0.1, -0.05) is 18.2 Å². The fraction of sp³-hybridized carbons (Fsp3) is 0.100. The number of imidazole rings is 1. The van der Waals surface area contributed by atoms with Gasteiger partial charge in [-0.05, 0) is 18.2 Å². The number of ether oxygens (including phenoxy) is 1. The fourth-order valence-electron chi connectivity index (χ4n) is 2.72. The lowest BCUT2D eigenvalue weighted by molar-refractivity contribution is -0.132. The summed E-state index contributed by atoms with van der Waals surface area (Å²) in [5.41, 5.74) is 8.22. The molecule has 1 aromatic carbocycles. The molecule has 0 saturated carbocycles. The number of esters is 1. The minimum Gasteiger partial charge on any atom is -0.408 e. The third-order valence-electron chi connectivity index (χ3n) is 4.17. The van der Waals surface area contributed by atoms with Crippen LogP contribution in [0.2, 0.25) is 0 Å². The Bertz CT molecular complexity index is 1180. The van der Waals surface area contributed by atoms with Crippen molar-refractivity contribution >= 4 is 23.6 Å². The lowest BCUT2D eigenvalue weighted by Gasteiger charge is -2.17. The van der Waals surface area contributed by atoms with Crippen LogP contribution in [0.5, 0.6) is 5.88 Å². The lowest BCUT2D eigenvalue weighted by Crippen LogP contribution is -2.16. The second-order valence-corrected chi connectivity index (χ2v) is 6.33. The normalized spacial score (nSPS) is 10.6. The Balaban J connectivity index is 1.62. The third kappa shape index (κ3) is 4.07. The van der Waals surface area contributed by atoms with Crippen molar-refractivity contribution in [2.45, 2.75) is 6.92 Å². The van der Waals surface area contributed by atoms with Crippen LogP contribution in [0.1, 0.15) is 6.92 Å². The molecule has 4 aromatic rings. The maximum absolute atomic E-state index is 11.0. The van der Waals surface area contributed by atoms with E-state index in [0.717, 1.165) is 11.3 Å². The van der Waals surface area contributed by atoms with Gasteiger partial charge < -0.3 is 15.4 Å². The molecule has 0 aliphatic carbocycles. The van der Waals surface area contributed by atoms with Crippen molar-refractivity contribution in [3.8, 4) is 23.1 Å². The first-order valence-electron chi connectivity index (χ1n) is 8.99. The summed E-state index contributed by atoms with van der Waals surface area (Å²) in [6.07, 6.45) is 4.90. The molecule has 0 bridgehead atoms. The van der Waals surface area contributed by atoms with Crippen molar-refractivity contribution in [1.29, 1.82) is 0 Å².